The molecule has 1 aromatic carbocycles. The van der Waals surface area contributed by atoms with Gasteiger partial charge in [0, 0.05) is 17.6 Å². The molecule has 0 fully saturated rings. The predicted octanol–water partition coefficient (Wildman–Crippen LogP) is 2.25. The normalized spacial score (nSPS) is 12.2. The van der Waals surface area contributed by atoms with Gasteiger partial charge in [-0.2, -0.15) is 21.6 Å². The van der Waals surface area contributed by atoms with Crippen molar-refractivity contribution in [1.29, 1.82) is 0 Å². The number of carbonyl (C=O) groups excluding carboxylic acids is 1. The number of aromatic nitrogens is 1. The first-order valence-electron chi connectivity index (χ1n) is 5.63. The maximum Gasteiger partial charge on any atom is 0.534 e. The second-order valence-corrected chi connectivity index (χ2v) is 5.55. The van der Waals surface area contributed by atoms with E-state index in [1.54, 1.807) is 0 Å². The van der Waals surface area contributed by atoms with Gasteiger partial charge in [0.1, 0.15) is 0 Å². The number of hydrogen-bond acceptors (Lipinski definition) is 6. The van der Waals surface area contributed by atoms with Gasteiger partial charge in [-0.3, -0.25) is 4.98 Å². The average molecular weight is 335 g/mol. The van der Waals surface area contributed by atoms with E-state index in [4.69, 9.17) is 0 Å². The highest BCUT2D eigenvalue weighted by atomic mass is 32.2. The van der Waals surface area contributed by atoms with Crippen LogP contribution in [0, 0.1) is 0 Å². The number of fused-ring (bicyclic) bond motifs is 1. The Morgan fingerprint density at radius 2 is 1.91 bits per heavy atom. The minimum Gasteiger partial charge on any atom is -0.465 e. The molecule has 0 aliphatic heterocycles. The van der Waals surface area contributed by atoms with Crippen LogP contribution in [-0.2, 0) is 14.9 Å². The van der Waals surface area contributed by atoms with Crippen LogP contribution in [0.2, 0.25) is 0 Å². The minimum absolute atomic E-state index is 0.0113. The van der Waals surface area contributed by atoms with Crippen molar-refractivity contribution in [1.82, 2.24) is 4.98 Å². The Hall–Kier alpha value is -2.36. The zero-order valence-electron chi connectivity index (χ0n) is 10.9. The molecule has 0 N–H and O–H groups in total. The summed E-state index contributed by atoms with van der Waals surface area (Å²) >= 11 is 0. The molecule has 0 aliphatic carbocycles. The smallest absolute Gasteiger partial charge is 0.465 e. The van der Waals surface area contributed by atoms with E-state index in [1.807, 2.05) is 0 Å². The van der Waals surface area contributed by atoms with Gasteiger partial charge in [0.15, 0.2) is 5.75 Å². The highest BCUT2D eigenvalue weighted by Crippen LogP contribution is 2.31. The van der Waals surface area contributed by atoms with Crippen molar-refractivity contribution in [2.75, 3.05) is 7.11 Å². The van der Waals surface area contributed by atoms with E-state index < -0.39 is 27.3 Å². The van der Waals surface area contributed by atoms with Gasteiger partial charge >= 0.3 is 21.6 Å². The Bertz CT molecular complexity index is 832. The molecular formula is C12H8F3NO5S. The molecule has 10 heteroatoms. The number of halogens is 3. The van der Waals surface area contributed by atoms with Crippen LogP contribution < -0.4 is 4.18 Å². The molecule has 0 saturated carbocycles. The maximum atomic E-state index is 12.4. The zero-order valence-corrected chi connectivity index (χ0v) is 11.7. The Kier molecular flexibility index (Phi) is 3.96. The Morgan fingerprint density at radius 3 is 2.50 bits per heavy atom. The Labute approximate surface area is 122 Å². The van der Waals surface area contributed by atoms with Crippen LogP contribution in [-0.4, -0.2) is 32.0 Å². The van der Waals surface area contributed by atoms with E-state index in [9.17, 15) is 26.4 Å². The second kappa shape index (κ2) is 5.44. The molecule has 0 aliphatic rings. The lowest BCUT2D eigenvalue weighted by Gasteiger charge is -2.11. The monoisotopic (exact) mass is 335 g/mol. The van der Waals surface area contributed by atoms with Gasteiger partial charge in [0.25, 0.3) is 0 Å². The van der Waals surface area contributed by atoms with Crippen LogP contribution >= 0.6 is 0 Å². The Morgan fingerprint density at radius 1 is 1.23 bits per heavy atom. The number of carbonyl (C=O) groups is 1. The summed E-state index contributed by atoms with van der Waals surface area (Å²) in [6.45, 7) is 0. The van der Waals surface area contributed by atoms with E-state index >= 15 is 0 Å². The summed E-state index contributed by atoms with van der Waals surface area (Å²) in [7, 11) is -4.70. The number of alkyl halides is 3. The van der Waals surface area contributed by atoms with Crippen molar-refractivity contribution in [3.05, 3.63) is 36.0 Å². The van der Waals surface area contributed by atoms with Crippen LogP contribution in [0.15, 0.2) is 30.5 Å². The molecule has 6 nitrogen and oxygen atoms in total. The van der Waals surface area contributed by atoms with Gasteiger partial charge in [-0.15, -0.1) is 0 Å². The summed E-state index contributed by atoms with van der Waals surface area (Å²) in [5.41, 5.74) is -5.40. The van der Waals surface area contributed by atoms with E-state index in [1.165, 1.54) is 12.1 Å². The lowest BCUT2D eigenvalue weighted by molar-refractivity contribution is -0.0499. The summed E-state index contributed by atoms with van der Waals surface area (Å²) in [6.07, 6.45) is 1.08. The van der Waals surface area contributed by atoms with Crippen molar-refractivity contribution >= 4 is 27.0 Å². The first kappa shape index (κ1) is 16.0. The molecule has 1 aromatic heterocycles. The van der Waals surface area contributed by atoms with Crippen molar-refractivity contribution < 1.29 is 35.3 Å². The summed E-state index contributed by atoms with van der Waals surface area (Å²) in [4.78, 5) is 15.3. The number of pyridine rings is 1. The standard InChI is InChI=1S/C12H8F3NO5S/c1-20-11(17)7-2-3-9-8(6-7)10(4-5-16-9)21-22(18,19)12(13,14)15/h2-6H,1H3. The fourth-order valence-corrected chi connectivity index (χ4v) is 2.08. The van der Waals surface area contributed by atoms with E-state index in [2.05, 4.69) is 13.9 Å². The second-order valence-electron chi connectivity index (χ2n) is 4.02. The molecule has 0 spiro atoms. The third-order valence-electron chi connectivity index (χ3n) is 2.61. The molecule has 0 amide bonds. The van der Waals surface area contributed by atoms with Crippen LogP contribution in [0.5, 0.6) is 5.75 Å². The first-order chi connectivity index (χ1) is 10.2. The number of benzene rings is 1. The van der Waals surface area contributed by atoms with Crippen LogP contribution in [0.4, 0.5) is 13.2 Å². The van der Waals surface area contributed by atoms with Crippen LogP contribution in [0.3, 0.4) is 0 Å². The maximum absolute atomic E-state index is 12.4. The lowest BCUT2D eigenvalue weighted by atomic mass is 10.1. The molecule has 0 unspecified atom stereocenters. The topological polar surface area (TPSA) is 82.6 Å². The molecular weight excluding hydrogens is 327 g/mol. The average Bonchev–Trinajstić information content (AvgIpc) is 2.45. The number of ether oxygens (including phenoxy) is 1. The van der Waals surface area contributed by atoms with Gasteiger partial charge in [0.2, 0.25) is 0 Å². The number of esters is 1. The minimum atomic E-state index is -5.82. The van der Waals surface area contributed by atoms with E-state index in [0.717, 1.165) is 25.4 Å². The van der Waals surface area contributed by atoms with E-state index in [-0.39, 0.29) is 16.5 Å². The molecule has 1 heterocycles. The summed E-state index contributed by atoms with van der Waals surface area (Å²) in [5.74, 6) is -1.33. The molecule has 0 saturated heterocycles. The third-order valence-corrected chi connectivity index (χ3v) is 3.57. The summed E-state index contributed by atoms with van der Waals surface area (Å²) in [6, 6.07) is 4.75. The predicted molar refractivity (Wildman–Crippen MR) is 68.7 cm³/mol. The quantitative estimate of drug-likeness (QED) is 0.486. The third kappa shape index (κ3) is 2.96. The fraction of sp³-hybridized carbons (Fsp3) is 0.167. The first-order valence-corrected chi connectivity index (χ1v) is 7.04. The number of hydrogen-bond donors (Lipinski definition) is 0. The largest absolute Gasteiger partial charge is 0.534 e. The Balaban J connectivity index is 2.57. The van der Waals surface area contributed by atoms with Gasteiger partial charge < -0.3 is 8.92 Å². The van der Waals surface area contributed by atoms with Crippen molar-refractivity contribution in [2.24, 2.45) is 0 Å². The van der Waals surface area contributed by atoms with E-state index in [0.29, 0.717) is 0 Å². The van der Waals surface area contributed by atoms with Gasteiger partial charge in [0.05, 0.1) is 18.2 Å². The molecule has 0 bridgehead atoms. The number of rotatable bonds is 3. The van der Waals surface area contributed by atoms with Gasteiger partial charge in [-0.25, -0.2) is 4.79 Å². The van der Waals surface area contributed by atoms with Crippen molar-refractivity contribution in [2.45, 2.75) is 5.51 Å². The number of methoxy groups -OCH3 is 1. The summed E-state index contributed by atoms with van der Waals surface area (Å²) < 4.78 is 67.9. The molecule has 22 heavy (non-hydrogen) atoms. The van der Waals surface area contributed by atoms with Crippen LogP contribution in [0.25, 0.3) is 10.9 Å². The van der Waals surface area contributed by atoms with Crippen molar-refractivity contribution in [3.8, 4) is 5.75 Å². The fourth-order valence-electron chi connectivity index (χ4n) is 1.60. The molecule has 0 radical (unpaired) electrons. The van der Waals surface area contributed by atoms with Gasteiger partial charge in [-0.05, 0) is 18.2 Å². The zero-order chi connectivity index (χ0) is 16.5. The lowest BCUT2D eigenvalue weighted by Crippen LogP contribution is -2.28. The summed E-state index contributed by atoms with van der Waals surface area (Å²) in [5, 5.41) is -0.0711. The molecule has 118 valence electrons. The molecule has 0 atom stereocenters. The number of nitrogens with zero attached hydrogens (tertiary/aromatic N) is 1. The SMILES string of the molecule is COC(=O)c1ccc2nccc(OS(=O)(=O)C(F)(F)F)c2c1. The van der Waals surface area contributed by atoms with Crippen LogP contribution in [0.1, 0.15) is 10.4 Å². The molecule has 2 aromatic rings. The highest BCUT2D eigenvalue weighted by molar-refractivity contribution is 7.88. The molecule has 2 rings (SSSR count). The van der Waals surface area contributed by atoms with Crippen molar-refractivity contribution in [3.63, 3.8) is 0 Å². The van der Waals surface area contributed by atoms with Gasteiger partial charge in [-0.1, -0.05) is 0 Å². The highest BCUT2D eigenvalue weighted by Gasteiger charge is 2.48.